The monoisotopic (exact) mass is 550 g/mol. The molecule has 7 rings (SSSR count). The molecule has 0 spiro atoms. The number of benzene rings is 5. The SMILES string of the molecule is C1=CCN=C(c2ccc(-c3ccccc3-c3cccc(-c4ccccc4-c4ccc(-c5ccccn5)cc4)c3)cc2)C=C1. The summed E-state index contributed by atoms with van der Waals surface area (Å²) in [6.07, 6.45) is 10.1. The van der Waals surface area contributed by atoms with Gasteiger partial charge in [-0.3, -0.25) is 9.98 Å². The Labute approximate surface area is 253 Å². The maximum absolute atomic E-state index is 4.69. The Morgan fingerprint density at radius 1 is 0.419 bits per heavy atom. The first kappa shape index (κ1) is 26.3. The normalized spacial score (nSPS) is 12.5. The molecule has 43 heavy (non-hydrogen) atoms. The highest BCUT2D eigenvalue weighted by Crippen LogP contribution is 2.37. The first-order valence-electron chi connectivity index (χ1n) is 14.6. The highest BCUT2D eigenvalue weighted by Gasteiger charge is 2.12. The van der Waals surface area contributed by atoms with Gasteiger partial charge in [0.05, 0.1) is 18.0 Å². The van der Waals surface area contributed by atoms with Gasteiger partial charge >= 0.3 is 0 Å². The van der Waals surface area contributed by atoms with Crippen LogP contribution < -0.4 is 0 Å². The number of aliphatic imine (C=N–C) groups is 1. The van der Waals surface area contributed by atoms with Crippen molar-refractivity contribution in [1.82, 2.24) is 4.98 Å². The van der Waals surface area contributed by atoms with Crippen molar-refractivity contribution in [2.45, 2.75) is 0 Å². The van der Waals surface area contributed by atoms with Crippen LogP contribution in [-0.4, -0.2) is 17.2 Å². The quantitative estimate of drug-likeness (QED) is 0.202. The zero-order chi connectivity index (χ0) is 28.8. The molecule has 2 nitrogen and oxygen atoms in total. The molecule has 0 unspecified atom stereocenters. The molecule has 2 heteroatoms. The lowest BCUT2D eigenvalue weighted by molar-refractivity contribution is 1.25. The van der Waals surface area contributed by atoms with Crippen LogP contribution in [0.5, 0.6) is 0 Å². The second-order valence-corrected chi connectivity index (χ2v) is 10.6. The summed E-state index contributed by atoms with van der Waals surface area (Å²) < 4.78 is 0. The third-order valence-electron chi connectivity index (χ3n) is 7.86. The molecule has 0 fully saturated rings. The molecule has 0 aliphatic carbocycles. The lowest BCUT2D eigenvalue weighted by Crippen LogP contribution is -1.97. The van der Waals surface area contributed by atoms with Crippen molar-refractivity contribution in [2.75, 3.05) is 6.54 Å². The summed E-state index contributed by atoms with van der Waals surface area (Å²) in [6, 6.07) is 49.7. The molecule has 6 aromatic rings. The minimum atomic E-state index is 0.711. The third-order valence-corrected chi connectivity index (χ3v) is 7.86. The van der Waals surface area contributed by atoms with E-state index in [1.165, 1.54) is 44.5 Å². The van der Waals surface area contributed by atoms with Crippen LogP contribution >= 0.6 is 0 Å². The second-order valence-electron chi connectivity index (χ2n) is 10.6. The lowest BCUT2D eigenvalue weighted by Gasteiger charge is -2.14. The van der Waals surface area contributed by atoms with Crippen LogP contribution in [0.25, 0.3) is 55.8 Å². The van der Waals surface area contributed by atoms with Gasteiger partial charge < -0.3 is 0 Å². The van der Waals surface area contributed by atoms with Crippen molar-refractivity contribution >= 4 is 5.71 Å². The molecule has 0 amide bonds. The van der Waals surface area contributed by atoms with Gasteiger partial charge in [-0.25, -0.2) is 0 Å². The van der Waals surface area contributed by atoms with Gasteiger partial charge in [0.25, 0.3) is 0 Å². The van der Waals surface area contributed by atoms with Gasteiger partial charge in [-0.15, -0.1) is 0 Å². The number of pyridine rings is 1. The van der Waals surface area contributed by atoms with E-state index in [4.69, 9.17) is 0 Å². The number of nitrogens with zero attached hydrogens (tertiary/aromatic N) is 2. The molecule has 1 aliphatic heterocycles. The molecule has 0 radical (unpaired) electrons. The molecule has 204 valence electrons. The predicted molar refractivity (Wildman–Crippen MR) is 181 cm³/mol. The number of hydrogen-bond acceptors (Lipinski definition) is 2. The standard InChI is InChI=1S/C41H30N2/c1-2-17-40(42-27-8-1)32-23-19-30(20-24-32)36-13-3-5-15-38(36)34-11-10-12-35(29-34)39-16-6-4-14-37(39)31-21-25-33(26-22-31)41-18-7-9-28-43-41/h1-26,28-29H,27H2. The van der Waals surface area contributed by atoms with Crippen LogP contribution in [0, 0.1) is 0 Å². The highest BCUT2D eigenvalue weighted by atomic mass is 14.7. The van der Waals surface area contributed by atoms with E-state index in [0.717, 1.165) is 22.5 Å². The fraction of sp³-hybridized carbons (Fsp3) is 0.0244. The Balaban J connectivity index is 1.22. The van der Waals surface area contributed by atoms with E-state index < -0.39 is 0 Å². The van der Waals surface area contributed by atoms with Gasteiger partial charge in [-0.1, -0.05) is 140 Å². The third kappa shape index (κ3) is 5.64. The number of aromatic nitrogens is 1. The molecule has 0 saturated carbocycles. The van der Waals surface area contributed by atoms with E-state index in [1.54, 1.807) is 0 Å². The van der Waals surface area contributed by atoms with Crippen LogP contribution in [0.4, 0.5) is 0 Å². The molecule has 5 aromatic carbocycles. The molecule has 0 saturated heterocycles. The van der Waals surface area contributed by atoms with Crippen LogP contribution in [0.2, 0.25) is 0 Å². The largest absolute Gasteiger partial charge is 0.281 e. The van der Waals surface area contributed by atoms with Crippen molar-refractivity contribution in [1.29, 1.82) is 0 Å². The molecule has 2 heterocycles. The summed E-state index contributed by atoms with van der Waals surface area (Å²) in [5, 5.41) is 0. The van der Waals surface area contributed by atoms with Gasteiger partial charge in [0, 0.05) is 11.8 Å². The van der Waals surface area contributed by atoms with Crippen LogP contribution in [0.3, 0.4) is 0 Å². The Morgan fingerprint density at radius 3 is 1.53 bits per heavy atom. The van der Waals surface area contributed by atoms with Crippen molar-refractivity contribution in [3.63, 3.8) is 0 Å². The minimum Gasteiger partial charge on any atom is -0.281 e. The maximum atomic E-state index is 4.69. The van der Waals surface area contributed by atoms with Crippen molar-refractivity contribution in [3.05, 3.63) is 176 Å². The number of hydrogen-bond donors (Lipinski definition) is 0. The Kier molecular flexibility index (Phi) is 7.40. The van der Waals surface area contributed by atoms with Crippen LogP contribution in [0.1, 0.15) is 5.56 Å². The zero-order valence-corrected chi connectivity index (χ0v) is 23.8. The first-order valence-corrected chi connectivity index (χ1v) is 14.6. The number of allylic oxidation sites excluding steroid dienone is 3. The van der Waals surface area contributed by atoms with E-state index in [2.05, 4.69) is 150 Å². The Hall–Kier alpha value is -5.60. The van der Waals surface area contributed by atoms with E-state index in [1.807, 2.05) is 30.5 Å². The summed E-state index contributed by atoms with van der Waals surface area (Å²) in [7, 11) is 0. The van der Waals surface area contributed by atoms with Gasteiger partial charge in [0.1, 0.15) is 0 Å². The molecular formula is C41H30N2. The summed E-state index contributed by atoms with van der Waals surface area (Å²) in [6.45, 7) is 0.711. The first-order chi connectivity index (χ1) is 21.3. The summed E-state index contributed by atoms with van der Waals surface area (Å²) in [4.78, 5) is 9.19. The second kappa shape index (κ2) is 12.1. The van der Waals surface area contributed by atoms with E-state index in [-0.39, 0.29) is 0 Å². The van der Waals surface area contributed by atoms with Crippen LogP contribution in [-0.2, 0) is 0 Å². The summed E-state index contributed by atoms with van der Waals surface area (Å²) in [5.41, 5.74) is 13.9. The summed E-state index contributed by atoms with van der Waals surface area (Å²) >= 11 is 0. The van der Waals surface area contributed by atoms with Crippen molar-refractivity contribution in [2.24, 2.45) is 4.99 Å². The fourth-order valence-corrected chi connectivity index (χ4v) is 5.68. The molecule has 0 bridgehead atoms. The fourth-order valence-electron chi connectivity index (χ4n) is 5.68. The van der Waals surface area contributed by atoms with Gasteiger partial charge in [0.2, 0.25) is 0 Å². The van der Waals surface area contributed by atoms with Crippen molar-refractivity contribution < 1.29 is 0 Å². The smallest absolute Gasteiger partial charge is 0.0701 e. The molecule has 0 atom stereocenters. The van der Waals surface area contributed by atoms with E-state index in [0.29, 0.717) is 6.54 Å². The molecule has 0 N–H and O–H groups in total. The zero-order valence-electron chi connectivity index (χ0n) is 23.8. The van der Waals surface area contributed by atoms with E-state index >= 15 is 0 Å². The Bertz CT molecular complexity index is 1960. The topological polar surface area (TPSA) is 25.2 Å². The molecule has 1 aromatic heterocycles. The number of rotatable bonds is 6. The average molecular weight is 551 g/mol. The Morgan fingerprint density at radius 2 is 0.953 bits per heavy atom. The minimum absolute atomic E-state index is 0.711. The maximum Gasteiger partial charge on any atom is 0.0701 e. The molecular weight excluding hydrogens is 520 g/mol. The molecule has 1 aliphatic rings. The van der Waals surface area contributed by atoms with Crippen molar-refractivity contribution in [3.8, 4) is 55.8 Å². The highest BCUT2D eigenvalue weighted by molar-refractivity contribution is 6.09. The van der Waals surface area contributed by atoms with Gasteiger partial charge in [0.15, 0.2) is 0 Å². The van der Waals surface area contributed by atoms with E-state index in [9.17, 15) is 0 Å². The van der Waals surface area contributed by atoms with Gasteiger partial charge in [-0.2, -0.15) is 0 Å². The average Bonchev–Trinajstić information content (AvgIpc) is 3.39. The van der Waals surface area contributed by atoms with Gasteiger partial charge in [-0.05, 0) is 74.3 Å². The summed E-state index contributed by atoms with van der Waals surface area (Å²) in [5.74, 6) is 0. The predicted octanol–water partition coefficient (Wildman–Crippen LogP) is 10.3. The van der Waals surface area contributed by atoms with Crippen LogP contribution in [0.15, 0.2) is 175 Å². The lowest BCUT2D eigenvalue weighted by atomic mass is 9.90.